The molecule has 0 saturated carbocycles. The van der Waals surface area contributed by atoms with Crippen molar-refractivity contribution in [2.75, 3.05) is 7.11 Å². The average Bonchev–Trinajstić information content (AvgIpc) is 2.39. The second-order valence-electron chi connectivity index (χ2n) is 3.96. The molecule has 2 aromatic rings. The molecule has 0 aliphatic carbocycles. The zero-order chi connectivity index (χ0) is 13.0. The number of carbonyl (C=O) groups is 1. The summed E-state index contributed by atoms with van der Waals surface area (Å²) in [7, 11) is 1.61. The lowest BCUT2D eigenvalue weighted by molar-refractivity contribution is 0.0993. The summed E-state index contributed by atoms with van der Waals surface area (Å²) in [4.78, 5) is 12.1. The zero-order valence-electron chi connectivity index (χ0n) is 10.0. The SMILES string of the molecule is COc1ccc(C(=O)Cc2cccc(Br)c2)cc1. The predicted octanol–water partition coefficient (Wildman–Crippen LogP) is 3.88. The second-order valence-corrected chi connectivity index (χ2v) is 4.87. The van der Waals surface area contributed by atoms with E-state index in [1.165, 1.54) is 0 Å². The number of carbonyl (C=O) groups excluding carboxylic acids is 1. The summed E-state index contributed by atoms with van der Waals surface area (Å²) in [6.45, 7) is 0. The smallest absolute Gasteiger partial charge is 0.167 e. The van der Waals surface area contributed by atoms with Crippen LogP contribution in [0.4, 0.5) is 0 Å². The van der Waals surface area contributed by atoms with Crippen molar-refractivity contribution < 1.29 is 9.53 Å². The van der Waals surface area contributed by atoms with E-state index in [1.807, 2.05) is 24.3 Å². The molecule has 18 heavy (non-hydrogen) atoms. The molecule has 0 N–H and O–H groups in total. The normalized spacial score (nSPS) is 10.1. The zero-order valence-corrected chi connectivity index (χ0v) is 11.6. The van der Waals surface area contributed by atoms with Gasteiger partial charge in [0.25, 0.3) is 0 Å². The number of rotatable bonds is 4. The fourth-order valence-corrected chi connectivity index (χ4v) is 2.16. The summed E-state index contributed by atoms with van der Waals surface area (Å²) in [5.41, 5.74) is 1.71. The Kier molecular flexibility index (Phi) is 4.15. The number of halogens is 1. The van der Waals surface area contributed by atoms with Crippen molar-refractivity contribution in [1.82, 2.24) is 0 Å². The molecule has 0 fully saturated rings. The molecule has 2 nitrogen and oxygen atoms in total. The highest BCUT2D eigenvalue weighted by molar-refractivity contribution is 9.10. The third kappa shape index (κ3) is 3.20. The van der Waals surface area contributed by atoms with Gasteiger partial charge in [-0.1, -0.05) is 28.1 Å². The van der Waals surface area contributed by atoms with E-state index in [9.17, 15) is 4.79 Å². The van der Waals surface area contributed by atoms with E-state index in [0.717, 1.165) is 15.8 Å². The third-order valence-electron chi connectivity index (χ3n) is 2.67. The van der Waals surface area contributed by atoms with Crippen molar-refractivity contribution in [1.29, 1.82) is 0 Å². The van der Waals surface area contributed by atoms with Gasteiger partial charge >= 0.3 is 0 Å². The quantitative estimate of drug-likeness (QED) is 0.801. The molecular weight excluding hydrogens is 292 g/mol. The van der Waals surface area contributed by atoms with Crippen LogP contribution in [-0.2, 0) is 6.42 Å². The fraction of sp³-hybridized carbons (Fsp3) is 0.133. The molecule has 3 heteroatoms. The molecule has 0 aromatic heterocycles. The Morgan fingerprint density at radius 3 is 2.50 bits per heavy atom. The van der Waals surface area contributed by atoms with Gasteiger partial charge in [-0.05, 0) is 42.0 Å². The number of hydrogen-bond acceptors (Lipinski definition) is 2. The summed E-state index contributed by atoms with van der Waals surface area (Å²) in [6.07, 6.45) is 0.409. The predicted molar refractivity (Wildman–Crippen MR) is 75.2 cm³/mol. The first-order valence-corrected chi connectivity index (χ1v) is 6.40. The Morgan fingerprint density at radius 1 is 1.17 bits per heavy atom. The lowest BCUT2D eigenvalue weighted by Crippen LogP contribution is -2.03. The van der Waals surface area contributed by atoms with Gasteiger partial charge in [-0.25, -0.2) is 0 Å². The van der Waals surface area contributed by atoms with Crippen molar-refractivity contribution in [3.8, 4) is 5.75 Å². The van der Waals surface area contributed by atoms with Gasteiger partial charge in [0.15, 0.2) is 5.78 Å². The van der Waals surface area contributed by atoms with E-state index >= 15 is 0 Å². The number of Topliss-reactive ketones (excluding diaryl/α,β-unsaturated/α-hetero) is 1. The van der Waals surface area contributed by atoms with Gasteiger partial charge in [-0.3, -0.25) is 4.79 Å². The van der Waals surface area contributed by atoms with Crippen molar-refractivity contribution in [2.24, 2.45) is 0 Å². The topological polar surface area (TPSA) is 26.3 Å². The van der Waals surface area contributed by atoms with Gasteiger partial charge in [0.1, 0.15) is 5.75 Å². The summed E-state index contributed by atoms with van der Waals surface area (Å²) in [5, 5.41) is 0. The summed E-state index contributed by atoms with van der Waals surface area (Å²) >= 11 is 3.40. The minimum atomic E-state index is 0.107. The first-order chi connectivity index (χ1) is 8.69. The first-order valence-electron chi connectivity index (χ1n) is 5.61. The van der Waals surface area contributed by atoms with E-state index < -0.39 is 0 Å². The molecule has 92 valence electrons. The summed E-state index contributed by atoms with van der Waals surface area (Å²) in [5.74, 6) is 0.866. The van der Waals surface area contributed by atoms with Crippen LogP contribution in [0.1, 0.15) is 15.9 Å². The average molecular weight is 305 g/mol. The largest absolute Gasteiger partial charge is 0.497 e. The summed E-state index contributed by atoms with van der Waals surface area (Å²) < 4.78 is 6.05. The minimum absolute atomic E-state index is 0.107. The highest BCUT2D eigenvalue weighted by Crippen LogP contribution is 2.16. The number of ether oxygens (including phenoxy) is 1. The number of ketones is 1. The Labute approximate surface area is 115 Å². The van der Waals surface area contributed by atoms with Gasteiger partial charge in [-0.2, -0.15) is 0 Å². The van der Waals surface area contributed by atoms with Gasteiger partial charge < -0.3 is 4.74 Å². The number of methoxy groups -OCH3 is 1. The molecule has 0 aliphatic heterocycles. The Balaban J connectivity index is 2.11. The fourth-order valence-electron chi connectivity index (χ4n) is 1.71. The van der Waals surface area contributed by atoms with Gasteiger partial charge in [0.2, 0.25) is 0 Å². The molecule has 0 atom stereocenters. The maximum Gasteiger partial charge on any atom is 0.167 e. The molecule has 0 spiro atoms. The van der Waals surface area contributed by atoms with Gasteiger partial charge in [0.05, 0.1) is 7.11 Å². The lowest BCUT2D eigenvalue weighted by Gasteiger charge is -2.04. The van der Waals surface area contributed by atoms with Crippen molar-refractivity contribution in [3.05, 3.63) is 64.1 Å². The summed E-state index contributed by atoms with van der Waals surface area (Å²) in [6, 6.07) is 15.0. The van der Waals surface area contributed by atoms with E-state index in [1.54, 1.807) is 31.4 Å². The molecule has 0 amide bonds. The van der Waals surface area contributed by atoms with E-state index in [4.69, 9.17) is 4.74 Å². The Hall–Kier alpha value is -1.61. The van der Waals surface area contributed by atoms with Crippen LogP contribution in [0, 0.1) is 0 Å². The van der Waals surface area contributed by atoms with Crippen LogP contribution in [0.15, 0.2) is 53.0 Å². The molecule has 2 rings (SSSR count). The van der Waals surface area contributed by atoms with Gasteiger partial charge in [-0.15, -0.1) is 0 Å². The van der Waals surface area contributed by atoms with E-state index in [2.05, 4.69) is 15.9 Å². The minimum Gasteiger partial charge on any atom is -0.497 e. The highest BCUT2D eigenvalue weighted by Gasteiger charge is 2.07. The van der Waals surface area contributed by atoms with Crippen LogP contribution in [0.3, 0.4) is 0 Å². The number of benzene rings is 2. The first kappa shape index (κ1) is 12.8. The molecule has 0 radical (unpaired) electrons. The second kappa shape index (κ2) is 5.83. The standard InChI is InChI=1S/C15H13BrO2/c1-18-14-7-5-12(6-8-14)15(17)10-11-3-2-4-13(16)9-11/h2-9H,10H2,1H3. The molecule has 0 aliphatic rings. The third-order valence-corrected chi connectivity index (χ3v) is 3.16. The van der Waals surface area contributed by atoms with Crippen LogP contribution in [-0.4, -0.2) is 12.9 Å². The molecule has 2 aromatic carbocycles. The van der Waals surface area contributed by atoms with Crippen molar-refractivity contribution in [2.45, 2.75) is 6.42 Å². The lowest BCUT2D eigenvalue weighted by atomic mass is 10.0. The van der Waals surface area contributed by atoms with Crippen LogP contribution in [0.2, 0.25) is 0 Å². The molecule has 0 heterocycles. The molecule has 0 saturated heterocycles. The van der Waals surface area contributed by atoms with Crippen LogP contribution < -0.4 is 4.74 Å². The van der Waals surface area contributed by atoms with Crippen molar-refractivity contribution in [3.63, 3.8) is 0 Å². The Bertz CT molecular complexity index is 547. The van der Waals surface area contributed by atoms with E-state index in [0.29, 0.717) is 12.0 Å². The Morgan fingerprint density at radius 2 is 1.89 bits per heavy atom. The molecule has 0 unspecified atom stereocenters. The van der Waals surface area contributed by atoms with Gasteiger partial charge in [0, 0.05) is 16.5 Å². The molecule has 0 bridgehead atoms. The maximum atomic E-state index is 12.1. The van der Waals surface area contributed by atoms with Crippen LogP contribution >= 0.6 is 15.9 Å². The monoisotopic (exact) mass is 304 g/mol. The molecular formula is C15H13BrO2. The van der Waals surface area contributed by atoms with Crippen molar-refractivity contribution >= 4 is 21.7 Å². The van der Waals surface area contributed by atoms with Crippen LogP contribution in [0.25, 0.3) is 0 Å². The van der Waals surface area contributed by atoms with Crippen LogP contribution in [0.5, 0.6) is 5.75 Å². The maximum absolute atomic E-state index is 12.1. The van der Waals surface area contributed by atoms with E-state index in [-0.39, 0.29) is 5.78 Å². The number of hydrogen-bond donors (Lipinski definition) is 0. The highest BCUT2D eigenvalue weighted by atomic mass is 79.9.